The van der Waals surface area contributed by atoms with Crippen LogP contribution in [0.25, 0.3) is 11.0 Å². The molecule has 0 saturated heterocycles. The van der Waals surface area contributed by atoms with Gasteiger partial charge in [-0.25, -0.2) is 14.4 Å². The van der Waals surface area contributed by atoms with Crippen molar-refractivity contribution in [2.24, 2.45) is 5.92 Å². The maximum atomic E-state index is 14.1. The molecule has 2 aromatic heterocycles. The molecule has 0 radical (unpaired) electrons. The summed E-state index contributed by atoms with van der Waals surface area (Å²) in [5.41, 5.74) is 6.82. The third-order valence-electron chi connectivity index (χ3n) is 4.58. The Morgan fingerprint density at radius 3 is 2.50 bits per heavy atom. The van der Waals surface area contributed by atoms with Crippen molar-refractivity contribution in [3.63, 3.8) is 0 Å². The third-order valence-corrected chi connectivity index (χ3v) is 4.83. The van der Waals surface area contributed by atoms with Gasteiger partial charge in [-0.2, -0.15) is 0 Å². The van der Waals surface area contributed by atoms with E-state index < -0.39 is 24.3 Å². The number of halogens is 2. The van der Waals surface area contributed by atoms with Gasteiger partial charge in [0.25, 0.3) is 0 Å². The fourth-order valence-corrected chi connectivity index (χ4v) is 3.22. The highest BCUT2D eigenvalue weighted by Gasteiger charge is 2.39. The summed E-state index contributed by atoms with van der Waals surface area (Å²) >= 11 is 5.72. The van der Waals surface area contributed by atoms with Gasteiger partial charge in [0, 0.05) is 17.1 Å². The van der Waals surface area contributed by atoms with Crippen LogP contribution in [0, 0.1) is 5.92 Å². The number of nitrogens with zero attached hydrogens (tertiary/aromatic N) is 2. The lowest BCUT2D eigenvalue weighted by Gasteiger charge is -2.20. The van der Waals surface area contributed by atoms with E-state index in [4.69, 9.17) is 17.3 Å². The average molecular weight is 379 g/mol. The fraction of sp³-hybridized carbons (Fsp3) is 0.333. The molecule has 5 N–H and O–H groups in total. The lowest BCUT2D eigenvalue weighted by molar-refractivity contribution is -0.000591. The molecule has 138 valence electrons. The molecule has 4 unspecified atom stereocenters. The lowest BCUT2D eigenvalue weighted by atomic mass is 9.94. The molecule has 26 heavy (non-hydrogen) atoms. The quantitative estimate of drug-likeness (QED) is 0.548. The first-order chi connectivity index (χ1) is 12.5. The number of aliphatic hydroxyl groups excluding tert-OH is 2. The molecule has 0 spiro atoms. The molecule has 0 bridgehead atoms. The zero-order chi connectivity index (χ0) is 18.7. The highest BCUT2D eigenvalue weighted by atomic mass is 35.5. The predicted molar refractivity (Wildman–Crippen MR) is 98.3 cm³/mol. The van der Waals surface area contributed by atoms with Crippen LogP contribution in [-0.2, 0) is 0 Å². The topological polar surface area (TPSA) is 108 Å². The summed E-state index contributed by atoms with van der Waals surface area (Å²) in [5, 5.41) is 20.4. The maximum absolute atomic E-state index is 14.1. The van der Waals surface area contributed by atoms with Crippen LogP contribution >= 0.6 is 11.6 Å². The number of benzene rings is 1. The summed E-state index contributed by atoms with van der Waals surface area (Å²) in [6, 6.07) is 8.34. The molecule has 0 aliphatic heterocycles. The van der Waals surface area contributed by atoms with E-state index in [9.17, 15) is 14.6 Å². The van der Waals surface area contributed by atoms with Crippen molar-refractivity contribution in [1.82, 2.24) is 15.0 Å². The summed E-state index contributed by atoms with van der Waals surface area (Å²) < 4.78 is 14.1. The molecular formula is C18H20ClFN4O2. The second kappa shape index (κ2) is 7.99. The van der Waals surface area contributed by atoms with Crippen molar-refractivity contribution in [3.8, 4) is 0 Å². The lowest BCUT2D eigenvalue weighted by Crippen LogP contribution is -2.27. The van der Waals surface area contributed by atoms with E-state index in [0.717, 1.165) is 11.0 Å². The van der Waals surface area contributed by atoms with Crippen LogP contribution in [0.1, 0.15) is 24.6 Å². The number of nitrogen functional groups attached to an aromatic ring is 1. The summed E-state index contributed by atoms with van der Waals surface area (Å²) in [5.74, 6) is 0.00225. The molecule has 4 rings (SSSR count). The molecule has 1 fully saturated rings. The molecule has 3 aromatic rings. The van der Waals surface area contributed by atoms with Crippen LogP contribution in [0.5, 0.6) is 0 Å². The van der Waals surface area contributed by atoms with Crippen molar-refractivity contribution >= 4 is 28.5 Å². The van der Waals surface area contributed by atoms with E-state index in [0.29, 0.717) is 29.2 Å². The molecule has 1 aliphatic carbocycles. The van der Waals surface area contributed by atoms with Gasteiger partial charge in [-0.1, -0.05) is 23.7 Å². The number of aliphatic hydroxyl groups is 2. The number of nitrogens with one attached hydrogen (secondary N) is 1. The summed E-state index contributed by atoms with van der Waals surface area (Å²) in [4.78, 5) is 10.7. The van der Waals surface area contributed by atoms with Gasteiger partial charge in [0.15, 0.2) is 0 Å². The van der Waals surface area contributed by atoms with Crippen molar-refractivity contribution in [2.45, 2.75) is 31.2 Å². The first-order valence-electron chi connectivity index (χ1n) is 8.26. The zero-order valence-corrected chi connectivity index (χ0v) is 14.6. The van der Waals surface area contributed by atoms with Crippen LogP contribution in [0.3, 0.4) is 0 Å². The van der Waals surface area contributed by atoms with Gasteiger partial charge < -0.3 is 20.9 Å². The van der Waals surface area contributed by atoms with E-state index in [1.165, 1.54) is 6.33 Å². The van der Waals surface area contributed by atoms with Gasteiger partial charge in [-0.05, 0) is 36.6 Å². The van der Waals surface area contributed by atoms with Crippen LogP contribution in [0.2, 0.25) is 5.02 Å². The number of hydrogen-bond acceptors (Lipinski definition) is 5. The van der Waals surface area contributed by atoms with E-state index in [1.807, 2.05) is 6.07 Å². The number of fused-ring (bicyclic) bond motifs is 1. The number of H-pyrrole nitrogens is 1. The zero-order valence-electron chi connectivity index (χ0n) is 13.9. The van der Waals surface area contributed by atoms with Gasteiger partial charge in [-0.15, -0.1) is 0 Å². The second-order valence-corrected chi connectivity index (χ2v) is 6.69. The summed E-state index contributed by atoms with van der Waals surface area (Å²) in [6.07, 6.45) is 1.18. The molecule has 1 aliphatic rings. The van der Waals surface area contributed by atoms with E-state index in [-0.39, 0.29) is 0 Å². The Labute approximate surface area is 154 Å². The highest BCUT2D eigenvalue weighted by Crippen LogP contribution is 2.38. The van der Waals surface area contributed by atoms with Gasteiger partial charge in [0.1, 0.15) is 24.0 Å². The summed E-state index contributed by atoms with van der Waals surface area (Å²) in [6.45, 7) is 0. The Balaban J connectivity index is 0.000000167. The van der Waals surface area contributed by atoms with Crippen LogP contribution in [-0.4, -0.2) is 37.4 Å². The van der Waals surface area contributed by atoms with Crippen molar-refractivity contribution in [3.05, 3.63) is 53.4 Å². The van der Waals surface area contributed by atoms with Gasteiger partial charge in [0.2, 0.25) is 0 Å². The Bertz CT molecular complexity index is 858. The number of rotatable bonds is 2. The predicted octanol–water partition coefficient (Wildman–Crippen LogP) is 3.02. The van der Waals surface area contributed by atoms with Gasteiger partial charge in [-0.3, -0.25) is 0 Å². The SMILES string of the molecule is Nc1ncnc2[nH]ccc12.OC1CCC(C(F)c2ccc(Cl)cc2)C1O. The Hall–Kier alpha value is -2.22. The van der Waals surface area contributed by atoms with Crippen LogP contribution < -0.4 is 5.73 Å². The monoisotopic (exact) mass is 378 g/mol. The third kappa shape index (κ3) is 3.95. The number of alkyl halides is 1. The number of aromatic amines is 1. The molecule has 1 aromatic carbocycles. The minimum atomic E-state index is -1.25. The van der Waals surface area contributed by atoms with Crippen LogP contribution in [0.15, 0.2) is 42.9 Å². The van der Waals surface area contributed by atoms with Crippen LogP contribution in [0.4, 0.5) is 10.2 Å². The molecule has 8 heteroatoms. The van der Waals surface area contributed by atoms with Crippen molar-refractivity contribution in [2.75, 3.05) is 5.73 Å². The Kier molecular flexibility index (Phi) is 5.70. The molecular weight excluding hydrogens is 359 g/mol. The maximum Gasteiger partial charge on any atom is 0.142 e. The Morgan fingerprint density at radius 1 is 1.15 bits per heavy atom. The van der Waals surface area contributed by atoms with Gasteiger partial charge in [0.05, 0.1) is 17.6 Å². The van der Waals surface area contributed by atoms with E-state index >= 15 is 0 Å². The van der Waals surface area contributed by atoms with E-state index in [2.05, 4.69) is 15.0 Å². The highest BCUT2D eigenvalue weighted by molar-refractivity contribution is 6.30. The smallest absolute Gasteiger partial charge is 0.142 e. The number of nitrogens with two attached hydrogens (primary N) is 1. The summed E-state index contributed by atoms with van der Waals surface area (Å²) in [7, 11) is 0. The van der Waals surface area contributed by atoms with Crippen molar-refractivity contribution < 1.29 is 14.6 Å². The molecule has 6 nitrogen and oxygen atoms in total. The number of aromatic nitrogens is 3. The van der Waals surface area contributed by atoms with E-state index in [1.54, 1.807) is 30.5 Å². The largest absolute Gasteiger partial charge is 0.390 e. The molecule has 1 saturated carbocycles. The normalized spacial score (nSPS) is 23.5. The van der Waals surface area contributed by atoms with Gasteiger partial charge >= 0.3 is 0 Å². The molecule has 2 heterocycles. The molecule has 4 atom stereocenters. The fourth-order valence-electron chi connectivity index (χ4n) is 3.10. The number of hydrogen-bond donors (Lipinski definition) is 4. The minimum absolute atomic E-state index is 0.458. The average Bonchev–Trinajstić information content (AvgIpc) is 3.24. The second-order valence-electron chi connectivity index (χ2n) is 6.25. The first kappa shape index (κ1) is 18.6. The minimum Gasteiger partial charge on any atom is -0.390 e. The molecule has 0 amide bonds. The van der Waals surface area contributed by atoms with Crippen molar-refractivity contribution in [1.29, 1.82) is 0 Å². The first-order valence-corrected chi connectivity index (χ1v) is 8.64. The Morgan fingerprint density at radius 2 is 1.88 bits per heavy atom. The number of anilines is 1. The standard InChI is InChI=1S/C12H14ClFO2.C6H6N4/c13-8-3-1-7(2-4-8)11(14)9-5-6-10(15)12(9)16;7-5-4-1-2-8-6(4)10-3-9-5/h1-4,9-12,15-16H,5-6H2;1-3H,(H3,7,8,9,10).